The second-order valence-electron chi connectivity index (χ2n) is 4.39. The molecule has 1 unspecified atom stereocenters. The Morgan fingerprint density at radius 3 is 3.17 bits per heavy atom. The van der Waals surface area contributed by atoms with Crippen molar-refractivity contribution < 1.29 is 4.79 Å². The Bertz CT molecular complexity index is 433. The first-order valence-electron chi connectivity index (χ1n) is 6.03. The van der Waals surface area contributed by atoms with Crippen LogP contribution in [-0.4, -0.2) is 30.0 Å². The minimum atomic E-state index is 0.0798. The molecule has 1 saturated heterocycles. The Morgan fingerprint density at radius 2 is 2.44 bits per heavy atom. The van der Waals surface area contributed by atoms with Gasteiger partial charge in [-0.15, -0.1) is 0 Å². The van der Waals surface area contributed by atoms with Gasteiger partial charge in [0.05, 0.1) is 0 Å². The van der Waals surface area contributed by atoms with E-state index in [0.717, 1.165) is 33.8 Å². The van der Waals surface area contributed by atoms with E-state index in [-0.39, 0.29) is 5.91 Å². The number of amides is 1. The van der Waals surface area contributed by atoms with E-state index in [1.165, 1.54) is 0 Å². The molecule has 18 heavy (non-hydrogen) atoms. The van der Waals surface area contributed by atoms with Gasteiger partial charge in [-0.2, -0.15) is 11.8 Å². The molecular weight excluding hydrogens is 312 g/mol. The molecule has 2 rings (SSSR count). The fraction of sp³-hybridized carbons (Fsp3) is 0.462. The van der Waals surface area contributed by atoms with E-state index >= 15 is 0 Å². The van der Waals surface area contributed by atoms with Crippen LogP contribution in [0, 0.1) is 6.92 Å². The number of thioether (sulfide) groups is 1. The summed E-state index contributed by atoms with van der Waals surface area (Å²) in [5.41, 5.74) is 1.95. The van der Waals surface area contributed by atoms with Crippen molar-refractivity contribution >= 4 is 39.3 Å². The molecule has 5 heteroatoms. The Labute approximate surface area is 120 Å². The summed E-state index contributed by atoms with van der Waals surface area (Å²) < 4.78 is 1.02. The number of carbonyl (C=O) groups excluding carboxylic acids is 1. The highest BCUT2D eigenvalue weighted by molar-refractivity contribution is 9.10. The Balaban J connectivity index is 1.92. The van der Waals surface area contributed by atoms with Crippen LogP contribution in [0.25, 0.3) is 0 Å². The number of carbonyl (C=O) groups is 1. The van der Waals surface area contributed by atoms with Crippen molar-refractivity contribution in [2.75, 3.05) is 23.4 Å². The third-order valence-electron chi connectivity index (χ3n) is 2.97. The highest BCUT2D eigenvalue weighted by Gasteiger charge is 2.17. The topological polar surface area (TPSA) is 41.1 Å². The molecule has 1 aliphatic rings. The van der Waals surface area contributed by atoms with Crippen LogP contribution < -0.4 is 10.6 Å². The summed E-state index contributed by atoms with van der Waals surface area (Å²) in [5.74, 6) is 2.24. The summed E-state index contributed by atoms with van der Waals surface area (Å²) >= 11 is 5.37. The van der Waals surface area contributed by atoms with Gasteiger partial charge < -0.3 is 10.6 Å². The van der Waals surface area contributed by atoms with E-state index in [1.54, 1.807) is 0 Å². The third kappa shape index (κ3) is 3.73. The summed E-state index contributed by atoms with van der Waals surface area (Å²) in [5, 5.41) is 6.35. The SMILES string of the molecule is Cc1c(Br)cccc1NC(=O)CC1CSCCN1. The van der Waals surface area contributed by atoms with Crippen molar-refractivity contribution in [2.24, 2.45) is 0 Å². The van der Waals surface area contributed by atoms with Gasteiger partial charge in [0.15, 0.2) is 0 Å². The van der Waals surface area contributed by atoms with E-state index < -0.39 is 0 Å². The maximum atomic E-state index is 12.0. The van der Waals surface area contributed by atoms with Gasteiger partial charge >= 0.3 is 0 Å². The van der Waals surface area contributed by atoms with Crippen LogP contribution in [0.5, 0.6) is 0 Å². The molecule has 2 N–H and O–H groups in total. The molecular formula is C13H17BrN2OS. The van der Waals surface area contributed by atoms with Gasteiger partial charge in [0, 0.05) is 40.7 Å². The number of halogens is 1. The van der Waals surface area contributed by atoms with Gasteiger partial charge in [-0.05, 0) is 24.6 Å². The molecule has 1 amide bonds. The van der Waals surface area contributed by atoms with Crippen LogP contribution >= 0.6 is 27.7 Å². The number of nitrogens with one attached hydrogen (secondary N) is 2. The number of hydrogen-bond acceptors (Lipinski definition) is 3. The first kappa shape index (κ1) is 13.9. The lowest BCUT2D eigenvalue weighted by atomic mass is 10.1. The van der Waals surface area contributed by atoms with E-state index in [2.05, 4.69) is 26.6 Å². The zero-order valence-corrected chi connectivity index (χ0v) is 12.7. The quantitative estimate of drug-likeness (QED) is 0.896. The Morgan fingerprint density at radius 1 is 1.61 bits per heavy atom. The van der Waals surface area contributed by atoms with E-state index in [9.17, 15) is 4.79 Å². The molecule has 1 atom stereocenters. The molecule has 3 nitrogen and oxygen atoms in total. The van der Waals surface area contributed by atoms with Gasteiger partial charge in [0.25, 0.3) is 0 Å². The summed E-state index contributed by atoms with van der Waals surface area (Å²) in [7, 11) is 0. The molecule has 0 bridgehead atoms. The molecule has 1 aliphatic heterocycles. The van der Waals surface area contributed by atoms with Crippen molar-refractivity contribution in [3.8, 4) is 0 Å². The van der Waals surface area contributed by atoms with Crippen molar-refractivity contribution in [1.29, 1.82) is 0 Å². The number of rotatable bonds is 3. The van der Waals surface area contributed by atoms with Gasteiger partial charge in [-0.1, -0.05) is 22.0 Å². The Hall–Kier alpha value is -0.520. The number of benzene rings is 1. The number of anilines is 1. The summed E-state index contributed by atoms with van der Waals surface area (Å²) in [6.45, 7) is 2.99. The van der Waals surface area contributed by atoms with Crippen LogP contribution in [0.3, 0.4) is 0 Å². The molecule has 1 heterocycles. The van der Waals surface area contributed by atoms with Crippen LogP contribution in [-0.2, 0) is 4.79 Å². The lowest BCUT2D eigenvalue weighted by Gasteiger charge is -2.22. The zero-order valence-electron chi connectivity index (χ0n) is 10.3. The van der Waals surface area contributed by atoms with E-state index in [4.69, 9.17) is 0 Å². The predicted molar refractivity (Wildman–Crippen MR) is 81.2 cm³/mol. The van der Waals surface area contributed by atoms with Crippen molar-refractivity contribution in [3.63, 3.8) is 0 Å². The minimum absolute atomic E-state index is 0.0798. The van der Waals surface area contributed by atoms with Crippen molar-refractivity contribution in [1.82, 2.24) is 5.32 Å². The normalized spacial score (nSPS) is 19.6. The fourth-order valence-corrected chi connectivity index (χ4v) is 3.23. The van der Waals surface area contributed by atoms with E-state index in [0.29, 0.717) is 12.5 Å². The second-order valence-corrected chi connectivity index (χ2v) is 6.39. The highest BCUT2D eigenvalue weighted by atomic mass is 79.9. The monoisotopic (exact) mass is 328 g/mol. The van der Waals surface area contributed by atoms with Crippen LogP contribution in [0.15, 0.2) is 22.7 Å². The third-order valence-corrected chi connectivity index (χ3v) is 4.96. The van der Waals surface area contributed by atoms with Crippen LogP contribution in [0.1, 0.15) is 12.0 Å². The molecule has 0 aliphatic carbocycles. The lowest BCUT2D eigenvalue weighted by Crippen LogP contribution is -2.39. The second kappa shape index (κ2) is 6.59. The van der Waals surface area contributed by atoms with Gasteiger partial charge in [0.2, 0.25) is 5.91 Å². The zero-order chi connectivity index (χ0) is 13.0. The molecule has 98 valence electrons. The maximum absolute atomic E-state index is 12.0. The van der Waals surface area contributed by atoms with Gasteiger partial charge in [-0.25, -0.2) is 0 Å². The first-order valence-corrected chi connectivity index (χ1v) is 7.97. The summed E-state index contributed by atoms with van der Waals surface area (Å²) in [6, 6.07) is 6.14. The van der Waals surface area contributed by atoms with Crippen molar-refractivity contribution in [3.05, 3.63) is 28.2 Å². The largest absolute Gasteiger partial charge is 0.326 e. The highest BCUT2D eigenvalue weighted by Crippen LogP contribution is 2.23. The fourth-order valence-electron chi connectivity index (χ4n) is 1.92. The maximum Gasteiger partial charge on any atom is 0.225 e. The standard InChI is InChI=1S/C13H17BrN2OS/c1-9-11(14)3-2-4-12(9)16-13(17)7-10-8-18-6-5-15-10/h2-4,10,15H,5-8H2,1H3,(H,16,17). The van der Waals surface area contributed by atoms with Crippen LogP contribution in [0.2, 0.25) is 0 Å². The van der Waals surface area contributed by atoms with Gasteiger partial charge in [-0.3, -0.25) is 4.79 Å². The first-order chi connectivity index (χ1) is 8.66. The molecule has 1 fully saturated rings. The average molecular weight is 329 g/mol. The smallest absolute Gasteiger partial charge is 0.225 e. The summed E-state index contributed by atoms with van der Waals surface area (Å²) in [6.07, 6.45) is 0.541. The Kier molecular flexibility index (Phi) is 5.09. The van der Waals surface area contributed by atoms with Crippen LogP contribution in [0.4, 0.5) is 5.69 Å². The molecule has 1 aromatic carbocycles. The molecule has 1 aromatic rings. The van der Waals surface area contributed by atoms with Gasteiger partial charge in [0.1, 0.15) is 0 Å². The minimum Gasteiger partial charge on any atom is -0.326 e. The van der Waals surface area contributed by atoms with Crippen molar-refractivity contribution in [2.45, 2.75) is 19.4 Å². The predicted octanol–water partition coefficient (Wildman–Crippen LogP) is 2.79. The molecule has 0 spiro atoms. The summed E-state index contributed by atoms with van der Waals surface area (Å²) in [4.78, 5) is 12.0. The molecule has 0 aromatic heterocycles. The lowest BCUT2D eigenvalue weighted by molar-refractivity contribution is -0.116. The number of hydrogen-bond donors (Lipinski definition) is 2. The molecule has 0 saturated carbocycles. The van der Waals surface area contributed by atoms with E-state index in [1.807, 2.05) is 36.9 Å². The average Bonchev–Trinajstić information content (AvgIpc) is 2.36. The molecule has 0 radical (unpaired) electrons.